The number of piperidine rings is 1. The first kappa shape index (κ1) is 11.6. The molecule has 0 radical (unpaired) electrons. The molecule has 4 aliphatic heterocycles. The Morgan fingerprint density at radius 2 is 2.06 bits per heavy atom. The summed E-state index contributed by atoms with van der Waals surface area (Å²) in [5, 5.41) is 13.3. The number of aliphatic hydroxyl groups is 1. The molecule has 0 saturated carbocycles. The highest BCUT2D eigenvalue weighted by Gasteiger charge is 2.69. The topological polar surface area (TPSA) is 69.2 Å². The van der Waals surface area contributed by atoms with Gasteiger partial charge in [0, 0.05) is 0 Å². The number of hydrogen-bond donors (Lipinski definition) is 2. The van der Waals surface area contributed by atoms with Gasteiger partial charge in [-0.2, -0.15) is 0 Å². The van der Waals surface area contributed by atoms with Gasteiger partial charge in [-0.05, 0) is 26.8 Å². The molecule has 18 heavy (non-hydrogen) atoms. The van der Waals surface area contributed by atoms with Gasteiger partial charge in [0.05, 0.1) is 18.8 Å². The van der Waals surface area contributed by atoms with Crippen LogP contribution in [0.4, 0.5) is 0 Å². The van der Waals surface area contributed by atoms with Gasteiger partial charge in [0.15, 0.2) is 12.1 Å². The van der Waals surface area contributed by atoms with Crippen molar-refractivity contribution in [3.8, 4) is 0 Å². The number of aliphatic hydroxyl groups excluding tert-OH is 1. The lowest BCUT2D eigenvalue weighted by Crippen LogP contribution is -2.70. The van der Waals surface area contributed by atoms with Crippen LogP contribution >= 0.6 is 0 Å². The third-order valence-electron chi connectivity index (χ3n) is 4.46. The lowest BCUT2D eigenvalue weighted by atomic mass is 9.78. The van der Waals surface area contributed by atoms with E-state index in [1.807, 2.05) is 13.8 Å². The van der Waals surface area contributed by atoms with Gasteiger partial charge in [-0.1, -0.05) is 0 Å². The monoisotopic (exact) mass is 257 g/mol. The average molecular weight is 257 g/mol. The Labute approximate surface area is 106 Å². The Bertz CT molecular complexity index is 375. The van der Waals surface area contributed by atoms with Crippen LogP contribution in [0.15, 0.2) is 0 Å². The van der Waals surface area contributed by atoms with Crippen LogP contribution in [0.2, 0.25) is 0 Å². The number of ether oxygens (including phenoxy) is 4. The summed E-state index contributed by atoms with van der Waals surface area (Å²) in [7, 11) is 0. The highest BCUT2D eigenvalue weighted by Crippen LogP contribution is 2.50. The molecular weight excluding hydrogens is 238 g/mol. The largest absolute Gasteiger partial charge is 0.389 e. The predicted molar refractivity (Wildman–Crippen MR) is 59.8 cm³/mol. The van der Waals surface area contributed by atoms with E-state index in [1.165, 1.54) is 0 Å². The van der Waals surface area contributed by atoms with Crippen molar-refractivity contribution in [3.63, 3.8) is 0 Å². The Balaban J connectivity index is 1.70. The lowest BCUT2D eigenvalue weighted by molar-refractivity contribution is -0.272. The van der Waals surface area contributed by atoms with Crippen molar-refractivity contribution in [1.29, 1.82) is 0 Å². The molecule has 0 aliphatic carbocycles. The second kappa shape index (κ2) is 3.45. The minimum Gasteiger partial charge on any atom is -0.389 e. The molecule has 4 aliphatic rings. The normalized spacial score (nSPS) is 57.2. The fourth-order valence-electron chi connectivity index (χ4n) is 3.71. The van der Waals surface area contributed by atoms with E-state index in [9.17, 15) is 5.11 Å². The van der Waals surface area contributed by atoms with E-state index in [4.69, 9.17) is 18.9 Å². The van der Waals surface area contributed by atoms with Crippen LogP contribution in [0.5, 0.6) is 0 Å². The Morgan fingerprint density at radius 3 is 2.89 bits per heavy atom. The molecule has 6 nitrogen and oxygen atoms in total. The van der Waals surface area contributed by atoms with E-state index in [0.717, 1.165) is 13.0 Å². The maximum atomic E-state index is 9.98. The molecular formula is C12H19NO5. The van der Waals surface area contributed by atoms with Crippen LogP contribution in [-0.4, -0.2) is 60.3 Å². The number of hydrogen-bond acceptors (Lipinski definition) is 6. The summed E-state index contributed by atoms with van der Waals surface area (Å²) in [4.78, 5) is 0. The van der Waals surface area contributed by atoms with Crippen LogP contribution in [0, 0.1) is 0 Å². The van der Waals surface area contributed by atoms with Crippen molar-refractivity contribution >= 4 is 0 Å². The second-order valence-corrected chi connectivity index (χ2v) is 6.04. The van der Waals surface area contributed by atoms with Crippen LogP contribution in [0.3, 0.4) is 0 Å². The molecule has 0 spiro atoms. The molecule has 4 heterocycles. The van der Waals surface area contributed by atoms with Gasteiger partial charge in [0.2, 0.25) is 0 Å². The molecule has 0 amide bonds. The summed E-state index contributed by atoms with van der Waals surface area (Å²) in [5.41, 5.74) is -0.465. The third kappa shape index (κ3) is 1.33. The van der Waals surface area contributed by atoms with Crippen molar-refractivity contribution in [1.82, 2.24) is 5.32 Å². The molecule has 2 bridgehead atoms. The Kier molecular flexibility index (Phi) is 2.22. The van der Waals surface area contributed by atoms with Gasteiger partial charge < -0.3 is 29.4 Å². The first-order chi connectivity index (χ1) is 8.52. The second-order valence-electron chi connectivity index (χ2n) is 6.04. The fourth-order valence-corrected chi connectivity index (χ4v) is 3.71. The van der Waals surface area contributed by atoms with Crippen molar-refractivity contribution in [3.05, 3.63) is 0 Å². The Morgan fingerprint density at radius 1 is 1.22 bits per heavy atom. The van der Waals surface area contributed by atoms with Crippen LogP contribution < -0.4 is 5.32 Å². The molecule has 0 unspecified atom stereocenters. The summed E-state index contributed by atoms with van der Waals surface area (Å²) in [6.07, 6.45) is -0.495. The first-order valence-corrected chi connectivity index (χ1v) is 6.58. The maximum absolute atomic E-state index is 9.98. The minimum absolute atomic E-state index is 0.0894. The quantitative estimate of drug-likeness (QED) is 0.601. The standard InChI is InChI=1S/C12H19NO5/c1-11(2)17-9-10(18-11)16-8-7-6(14)5-15-12(8,9)3-4-13-7/h6-10,13-14H,3-5H2,1-2H3/t6-,7-,8+,9-,10+,12+/m0/s1. The highest BCUT2D eigenvalue weighted by atomic mass is 16.8. The highest BCUT2D eigenvalue weighted by molar-refractivity contribution is 5.15. The number of fused-ring (bicyclic) bond motifs is 1. The number of nitrogens with one attached hydrogen (secondary N) is 1. The van der Waals surface area contributed by atoms with E-state index in [-0.39, 0.29) is 18.2 Å². The molecule has 102 valence electrons. The van der Waals surface area contributed by atoms with E-state index >= 15 is 0 Å². The van der Waals surface area contributed by atoms with E-state index in [0.29, 0.717) is 6.61 Å². The van der Waals surface area contributed by atoms with Crippen LogP contribution in [0.25, 0.3) is 0 Å². The zero-order valence-electron chi connectivity index (χ0n) is 10.6. The van der Waals surface area contributed by atoms with Crippen molar-refractivity contribution < 1.29 is 24.1 Å². The smallest absolute Gasteiger partial charge is 0.190 e. The molecule has 6 heteroatoms. The van der Waals surface area contributed by atoms with Crippen LogP contribution in [-0.2, 0) is 18.9 Å². The summed E-state index contributed by atoms with van der Waals surface area (Å²) in [5.74, 6) is -0.630. The summed E-state index contributed by atoms with van der Waals surface area (Å²) in [6, 6.07) is -0.0894. The Hall–Kier alpha value is -0.240. The van der Waals surface area contributed by atoms with Crippen molar-refractivity contribution in [2.75, 3.05) is 13.2 Å². The van der Waals surface area contributed by atoms with E-state index in [2.05, 4.69) is 5.32 Å². The fraction of sp³-hybridized carbons (Fsp3) is 1.00. The summed E-state index contributed by atoms with van der Waals surface area (Å²) >= 11 is 0. The van der Waals surface area contributed by atoms with Gasteiger partial charge in [0.1, 0.15) is 17.8 Å². The van der Waals surface area contributed by atoms with Gasteiger partial charge >= 0.3 is 0 Å². The van der Waals surface area contributed by atoms with E-state index in [1.54, 1.807) is 0 Å². The van der Waals surface area contributed by atoms with Crippen LogP contribution in [0.1, 0.15) is 20.3 Å². The molecule has 2 N–H and O–H groups in total. The third-order valence-corrected chi connectivity index (χ3v) is 4.46. The molecule has 4 fully saturated rings. The zero-order chi connectivity index (χ0) is 12.5. The van der Waals surface area contributed by atoms with Crippen molar-refractivity contribution in [2.24, 2.45) is 0 Å². The predicted octanol–water partition coefficient (Wildman–Crippen LogP) is -0.645. The molecule has 0 aromatic rings. The molecule has 6 atom stereocenters. The van der Waals surface area contributed by atoms with E-state index < -0.39 is 23.8 Å². The molecule has 0 aromatic carbocycles. The number of rotatable bonds is 0. The van der Waals surface area contributed by atoms with Crippen molar-refractivity contribution in [2.45, 2.75) is 62.3 Å². The lowest BCUT2D eigenvalue weighted by Gasteiger charge is -2.50. The maximum Gasteiger partial charge on any atom is 0.190 e. The average Bonchev–Trinajstić information content (AvgIpc) is 2.75. The van der Waals surface area contributed by atoms with Gasteiger partial charge in [-0.3, -0.25) is 0 Å². The summed E-state index contributed by atoms with van der Waals surface area (Å²) in [6.45, 7) is 4.90. The zero-order valence-corrected chi connectivity index (χ0v) is 10.6. The first-order valence-electron chi connectivity index (χ1n) is 6.58. The molecule has 4 rings (SSSR count). The molecule has 4 saturated heterocycles. The minimum atomic E-state index is -0.630. The molecule has 0 aromatic heterocycles. The van der Waals surface area contributed by atoms with Gasteiger partial charge in [-0.15, -0.1) is 0 Å². The van der Waals surface area contributed by atoms with Gasteiger partial charge in [-0.25, -0.2) is 0 Å². The summed E-state index contributed by atoms with van der Waals surface area (Å²) < 4.78 is 23.7. The van der Waals surface area contributed by atoms with Gasteiger partial charge in [0.25, 0.3) is 0 Å². The SMILES string of the molecule is CC1(C)O[C@H]2O[C@@H]3[C@H]4NCC[C@]3(OC[C@@H]4O)[C@H]2O1.